The maximum absolute atomic E-state index is 13.2. The monoisotopic (exact) mass is 444 g/mol. The van der Waals surface area contributed by atoms with Gasteiger partial charge in [0, 0.05) is 31.3 Å². The highest BCUT2D eigenvalue weighted by Gasteiger charge is 2.27. The average Bonchev–Trinajstić information content (AvgIpc) is 3.28. The molecule has 1 aliphatic heterocycles. The van der Waals surface area contributed by atoms with Crippen molar-refractivity contribution in [1.82, 2.24) is 19.8 Å². The highest BCUT2D eigenvalue weighted by molar-refractivity contribution is 7.91. The van der Waals surface area contributed by atoms with E-state index in [4.69, 9.17) is 4.52 Å². The number of sulfone groups is 1. The third-order valence-corrected chi connectivity index (χ3v) is 6.81. The van der Waals surface area contributed by atoms with Crippen molar-refractivity contribution in [3.05, 3.63) is 58.9 Å². The van der Waals surface area contributed by atoms with Crippen LogP contribution in [0.4, 0.5) is 4.39 Å². The molecule has 0 spiro atoms. The molecule has 2 aromatic heterocycles. The molecule has 1 fully saturated rings. The molecule has 0 saturated carbocycles. The third-order valence-electron chi connectivity index (χ3n) is 5.20. The lowest BCUT2D eigenvalue weighted by Crippen LogP contribution is -2.44. The van der Waals surface area contributed by atoms with Gasteiger partial charge in [-0.2, -0.15) is 5.10 Å². The van der Waals surface area contributed by atoms with Gasteiger partial charge in [0.25, 0.3) is 5.91 Å². The molecule has 1 saturated heterocycles. The summed E-state index contributed by atoms with van der Waals surface area (Å²) in [5.41, 5.74) is 2.96. The molecule has 0 radical (unpaired) electrons. The Morgan fingerprint density at radius 3 is 2.52 bits per heavy atom. The molecule has 0 aliphatic carbocycles. The second-order valence-electron chi connectivity index (χ2n) is 7.36. The van der Waals surface area contributed by atoms with Crippen molar-refractivity contribution in [2.75, 3.05) is 24.6 Å². The van der Waals surface area contributed by atoms with Crippen LogP contribution < -0.4 is 0 Å². The fourth-order valence-corrected chi connectivity index (χ4v) is 4.61. The molecule has 0 N–H and O–H groups in total. The van der Waals surface area contributed by atoms with E-state index in [-0.39, 0.29) is 36.3 Å². The largest absolute Gasteiger partial charge is 0.360 e. The molecule has 0 bridgehead atoms. The number of carbonyl (C=O) groups is 1. The van der Waals surface area contributed by atoms with E-state index < -0.39 is 9.84 Å². The van der Waals surface area contributed by atoms with Crippen LogP contribution in [0, 0.1) is 12.7 Å². The van der Waals surface area contributed by atoms with E-state index >= 15 is 0 Å². The van der Waals surface area contributed by atoms with Crippen LogP contribution in [-0.4, -0.2) is 58.8 Å². The molecule has 4 rings (SSSR count). The second kappa shape index (κ2) is 8.10. The quantitative estimate of drug-likeness (QED) is 0.613. The maximum Gasteiger partial charge on any atom is 0.272 e. The Morgan fingerprint density at radius 2 is 1.84 bits per heavy atom. The minimum absolute atomic E-state index is 0.0255. The molecular formula is C21H21FN4O4S. The number of carbonyl (C=O) groups excluding carboxylic acids is 1. The first kappa shape index (κ1) is 21.0. The fourth-order valence-electron chi connectivity index (χ4n) is 3.41. The zero-order chi connectivity index (χ0) is 22.2. The number of nitrogens with zero attached hydrogens (tertiary/aromatic N) is 4. The zero-order valence-electron chi connectivity index (χ0n) is 17.1. The summed E-state index contributed by atoms with van der Waals surface area (Å²) in [7, 11) is -1.40. The summed E-state index contributed by atoms with van der Waals surface area (Å²) >= 11 is 0. The van der Waals surface area contributed by atoms with E-state index in [0.29, 0.717) is 22.8 Å². The van der Waals surface area contributed by atoms with Crippen molar-refractivity contribution >= 4 is 27.9 Å². The van der Waals surface area contributed by atoms with Crippen LogP contribution in [-0.2, 0) is 16.9 Å². The summed E-state index contributed by atoms with van der Waals surface area (Å²) in [5.74, 6) is -0.0435. The van der Waals surface area contributed by atoms with Crippen LogP contribution in [0.5, 0.6) is 0 Å². The number of rotatable bonds is 4. The lowest BCUT2D eigenvalue weighted by Gasteiger charge is -2.26. The van der Waals surface area contributed by atoms with Crippen LogP contribution in [0.1, 0.15) is 27.5 Å². The summed E-state index contributed by atoms with van der Waals surface area (Å²) in [6.07, 6.45) is 3.53. The number of benzene rings is 1. The van der Waals surface area contributed by atoms with Gasteiger partial charge < -0.3 is 9.42 Å². The number of aryl methyl sites for hydroxylation is 2. The lowest BCUT2D eigenvalue weighted by molar-refractivity contribution is 0.0759. The molecule has 0 atom stereocenters. The number of hydrogen-bond acceptors (Lipinski definition) is 6. The Bertz CT molecular complexity index is 1250. The minimum Gasteiger partial charge on any atom is -0.360 e. The maximum atomic E-state index is 13.2. The Balaban J connectivity index is 1.56. The molecule has 162 valence electrons. The zero-order valence-corrected chi connectivity index (χ0v) is 17.9. The van der Waals surface area contributed by atoms with Crippen molar-refractivity contribution in [2.45, 2.75) is 6.92 Å². The van der Waals surface area contributed by atoms with E-state index in [1.165, 1.54) is 21.7 Å². The van der Waals surface area contributed by atoms with Gasteiger partial charge in [-0.15, -0.1) is 0 Å². The van der Waals surface area contributed by atoms with Gasteiger partial charge in [-0.3, -0.25) is 9.48 Å². The second-order valence-corrected chi connectivity index (χ2v) is 9.67. The summed E-state index contributed by atoms with van der Waals surface area (Å²) < 4.78 is 43.2. The molecule has 8 nitrogen and oxygen atoms in total. The van der Waals surface area contributed by atoms with Crippen molar-refractivity contribution in [1.29, 1.82) is 0 Å². The van der Waals surface area contributed by atoms with E-state index in [1.54, 1.807) is 44.3 Å². The van der Waals surface area contributed by atoms with Crippen LogP contribution in [0.2, 0.25) is 0 Å². The summed E-state index contributed by atoms with van der Waals surface area (Å²) in [6.45, 7) is 2.13. The highest BCUT2D eigenvalue weighted by Crippen LogP contribution is 2.27. The molecule has 1 amide bonds. The van der Waals surface area contributed by atoms with Crippen molar-refractivity contribution < 1.29 is 22.1 Å². The van der Waals surface area contributed by atoms with Gasteiger partial charge in [-0.1, -0.05) is 5.16 Å². The average molecular weight is 444 g/mol. The van der Waals surface area contributed by atoms with Gasteiger partial charge in [-0.25, -0.2) is 12.8 Å². The Morgan fingerprint density at radius 1 is 1.16 bits per heavy atom. The fraction of sp³-hybridized carbons (Fsp3) is 0.286. The molecule has 1 aromatic carbocycles. The number of aromatic nitrogens is 3. The van der Waals surface area contributed by atoms with Gasteiger partial charge >= 0.3 is 0 Å². The normalized spacial score (nSPS) is 16.2. The predicted octanol–water partition coefficient (Wildman–Crippen LogP) is 2.56. The van der Waals surface area contributed by atoms with Gasteiger partial charge in [0.15, 0.2) is 9.84 Å². The summed E-state index contributed by atoms with van der Waals surface area (Å²) in [6, 6.07) is 7.62. The first-order chi connectivity index (χ1) is 14.7. The highest BCUT2D eigenvalue weighted by atomic mass is 32.2. The minimum atomic E-state index is -3.07. The third kappa shape index (κ3) is 4.43. The Kier molecular flexibility index (Phi) is 5.48. The van der Waals surface area contributed by atoms with E-state index in [0.717, 1.165) is 11.1 Å². The molecule has 3 heterocycles. The van der Waals surface area contributed by atoms with E-state index in [1.807, 2.05) is 0 Å². The van der Waals surface area contributed by atoms with Crippen LogP contribution in [0.3, 0.4) is 0 Å². The molecule has 10 heteroatoms. The van der Waals surface area contributed by atoms with Crippen molar-refractivity contribution in [3.63, 3.8) is 0 Å². The predicted molar refractivity (Wildman–Crippen MR) is 113 cm³/mol. The first-order valence-electron chi connectivity index (χ1n) is 9.67. The van der Waals surface area contributed by atoms with Gasteiger partial charge in [0.2, 0.25) is 0 Å². The van der Waals surface area contributed by atoms with Crippen LogP contribution >= 0.6 is 0 Å². The molecule has 0 unspecified atom stereocenters. The topological polar surface area (TPSA) is 98.3 Å². The smallest absolute Gasteiger partial charge is 0.272 e. The lowest BCUT2D eigenvalue weighted by atomic mass is 10.1. The Hall–Kier alpha value is -3.27. The van der Waals surface area contributed by atoms with Crippen LogP contribution in [0.25, 0.3) is 23.4 Å². The van der Waals surface area contributed by atoms with E-state index in [9.17, 15) is 17.6 Å². The number of hydrogen-bond donors (Lipinski definition) is 0. The molecule has 31 heavy (non-hydrogen) atoms. The van der Waals surface area contributed by atoms with Crippen LogP contribution in [0.15, 0.2) is 34.9 Å². The van der Waals surface area contributed by atoms with E-state index in [2.05, 4.69) is 10.3 Å². The van der Waals surface area contributed by atoms with Crippen molar-refractivity contribution in [3.8, 4) is 11.3 Å². The van der Waals surface area contributed by atoms with Crippen molar-refractivity contribution in [2.24, 2.45) is 7.05 Å². The number of halogens is 1. The Labute approximate surface area is 178 Å². The standard InChI is InChI=1S/C21H21FN4O4S/c1-14-18(20(24-30-14)15-3-5-16(22)6-4-15)8-7-17-13-19(25(2)23-17)21(27)26-9-11-31(28,29)12-10-26/h3-8,13H,9-12H2,1-2H3/b8-7+. The molecule has 1 aliphatic rings. The first-order valence-corrected chi connectivity index (χ1v) is 11.5. The van der Waals surface area contributed by atoms with Gasteiger partial charge in [0.1, 0.15) is 23.0 Å². The molecule has 3 aromatic rings. The summed E-state index contributed by atoms with van der Waals surface area (Å²) in [4.78, 5) is 14.3. The summed E-state index contributed by atoms with van der Waals surface area (Å²) in [5, 5.41) is 8.43. The SMILES string of the molecule is Cc1onc(-c2ccc(F)cc2)c1/C=C/c1cc(C(=O)N2CCS(=O)(=O)CC2)n(C)n1. The number of amides is 1. The van der Waals surface area contributed by atoms with Gasteiger partial charge in [0.05, 0.1) is 17.2 Å². The van der Waals surface area contributed by atoms with Gasteiger partial charge in [-0.05, 0) is 49.4 Å². The molecular weight excluding hydrogens is 423 g/mol.